The van der Waals surface area contributed by atoms with Crippen molar-refractivity contribution in [2.45, 2.75) is 19.4 Å². The van der Waals surface area contributed by atoms with E-state index in [0.717, 1.165) is 0 Å². The van der Waals surface area contributed by atoms with E-state index in [1.54, 1.807) is 54.6 Å². The number of carbonyl (C=O) groups excluding carboxylic acids is 2. The minimum atomic E-state index is -0.737. The first-order valence-corrected chi connectivity index (χ1v) is 8.64. The van der Waals surface area contributed by atoms with Gasteiger partial charge in [0.05, 0.1) is 16.3 Å². The summed E-state index contributed by atoms with van der Waals surface area (Å²) in [5.74, 6) is -0.203. The zero-order valence-corrected chi connectivity index (χ0v) is 15.3. The summed E-state index contributed by atoms with van der Waals surface area (Å²) < 4.78 is 5.74. The van der Waals surface area contributed by atoms with E-state index in [2.05, 4.69) is 17.2 Å². The third-order valence-corrected chi connectivity index (χ3v) is 3.92. The van der Waals surface area contributed by atoms with Gasteiger partial charge in [-0.15, -0.1) is 6.58 Å². The summed E-state index contributed by atoms with van der Waals surface area (Å²) in [7, 11) is 0. The molecule has 0 heterocycles. The Morgan fingerprint density at radius 3 is 2.58 bits per heavy atom. The van der Waals surface area contributed by atoms with Crippen molar-refractivity contribution in [2.75, 3.05) is 11.9 Å². The fourth-order valence-corrected chi connectivity index (χ4v) is 2.46. The molecule has 136 valence electrons. The standard InChI is InChI=1S/C20H21ClN2O3/c1-3-13-22-19(24)14-9-5-7-11-16(14)23-20(25)17(4-2)26-18-12-8-6-10-15(18)21/h3,5-12,17H,1,4,13H2,2H3,(H,22,24)(H,23,25)/t17-/m0/s1. The van der Waals surface area contributed by atoms with Crippen LogP contribution < -0.4 is 15.4 Å². The highest BCUT2D eigenvalue weighted by Gasteiger charge is 2.21. The largest absolute Gasteiger partial charge is 0.479 e. The van der Waals surface area contributed by atoms with Crippen LogP contribution in [-0.2, 0) is 4.79 Å². The van der Waals surface area contributed by atoms with Crippen LogP contribution in [0.25, 0.3) is 0 Å². The predicted molar refractivity (Wildman–Crippen MR) is 104 cm³/mol. The van der Waals surface area contributed by atoms with Crippen molar-refractivity contribution in [3.05, 3.63) is 71.8 Å². The highest BCUT2D eigenvalue weighted by atomic mass is 35.5. The van der Waals surface area contributed by atoms with Gasteiger partial charge in [0.1, 0.15) is 5.75 Å². The molecule has 2 aromatic carbocycles. The number of hydrogen-bond donors (Lipinski definition) is 2. The van der Waals surface area contributed by atoms with Gasteiger partial charge in [-0.2, -0.15) is 0 Å². The molecule has 2 N–H and O–H groups in total. The first-order chi connectivity index (χ1) is 12.6. The number of rotatable bonds is 8. The highest BCUT2D eigenvalue weighted by molar-refractivity contribution is 6.32. The normalized spacial score (nSPS) is 11.3. The summed E-state index contributed by atoms with van der Waals surface area (Å²) in [4.78, 5) is 24.8. The number of hydrogen-bond acceptors (Lipinski definition) is 3. The molecule has 2 aromatic rings. The van der Waals surface area contributed by atoms with Crippen LogP contribution in [0.15, 0.2) is 61.2 Å². The van der Waals surface area contributed by atoms with Gasteiger partial charge in [-0.25, -0.2) is 0 Å². The smallest absolute Gasteiger partial charge is 0.265 e. The maximum Gasteiger partial charge on any atom is 0.265 e. The van der Waals surface area contributed by atoms with E-state index in [9.17, 15) is 9.59 Å². The first kappa shape index (κ1) is 19.5. The number of ether oxygens (including phenoxy) is 1. The van der Waals surface area contributed by atoms with Crippen LogP contribution in [0.3, 0.4) is 0 Å². The zero-order valence-electron chi connectivity index (χ0n) is 14.5. The number of halogens is 1. The van der Waals surface area contributed by atoms with Gasteiger partial charge in [-0.1, -0.05) is 48.9 Å². The maximum absolute atomic E-state index is 12.6. The summed E-state index contributed by atoms with van der Waals surface area (Å²) in [5.41, 5.74) is 0.788. The lowest BCUT2D eigenvalue weighted by molar-refractivity contribution is -0.122. The fourth-order valence-electron chi connectivity index (χ4n) is 2.28. The Kier molecular flexibility index (Phi) is 7.24. The van der Waals surface area contributed by atoms with E-state index in [-0.39, 0.29) is 11.8 Å². The molecular weight excluding hydrogens is 352 g/mol. The third-order valence-electron chi connectivity index (χ3n) is 3.61. The maximum atomic E-state index is 12.6. The van der Waals surface area contributed by atoms with Crippen molar-refractivity contribution in [3.63, 3.8) is 0 Å². The van der Waals surface area contributed by atoms with Crippen molar-refractivity contribution in [1.29, 1.82) is 0 Å². The second-order valence-electron chi connectivity index (χ2n) is 5.48. The molecule has 0 unspecified atom stereocenters. The molecular formula is C20H21ClN2O3. The van der Waals surface area contributed by atoms with E-state index < -0.39 is 6.10 Å². The number of carbonyl (C=O) groups is 2. The first-order valence-electron chi connectivity index (χ1n) is 8.27. The Hall–Kier alpha value is -2.79. The summed E-state index contributed by atoms with van der Waals surface area (Å²) in [6.07, 6.45) is 1.30. The van der Waals surface area contributed by atoms with Gasteiger partial charge >= 0.3 is 0 Å². The van der Waals surface area contributed by atoms with Gasteiger partial charge in [0, 0.05) is 6.54 Å². The topological polar surface area (TPSA) is 67.4 Å². The van der Waals surface area contributed by atoms with Crippen LogP contribution in [0, 0.1) is 0 Å². The van der Waals surface area contributed by atoms with Crippen molar-refractivity contribution in [3.8, 4) is 5.75 Å². The molecule has 6 heteroatoms. The van der Waals surface area contributed by atoms with E-state index in [1.807, 2.05) is 6.92 Å². The van der Waals surface area contributed by atoms with E-state index in [0.29, 0.717) is 35.0 Å². The molecule has 0 saturated heterocycles. The number of nitrogens with one attached hydrogen (secondary N) is 2. The van der Waals surface area contributed by atoms with Crippen LogP contribution in [0.5, 0.6) is 5.75 Å². The fraction of sp³-hybridized carbons (Fsp3) is 0.200. The molecule has 26 heavy (non-hydrogen) atoms. The van der Waals surface area contributed by atoms with Crippen LogP contribution in [0.1, 0.15) is 23.7 Å². The lowest BCUT2D eigenvalue weighted by atomic mass is 10.1. The molecule has 0 saturated carbocycles. The zero-order chi connectivity index (χ0) is 18.9. The van der Waals surface area contributed by atoms with E-state index >= 15 is 0 Å². The van der Waals surface area contributed by atoms with Gasteiger partial charge in [0.2, 0.25) is 0 Å². The molecule has 2 rings (SSSR count). The average molecular weight is 373 g/mol. The summed E-state index contributed by atoms with van der Waals surface area (Å²) in [6, 6.07) is 13.8. The van der Waals surface area contributed by atoms with Gasteiger partial charge in [-0.05, 0) is 30.7 Å². The summed E-state index contributed by atoms with van der Waals surface area (Å²) in [5, 5.41) is 5.89. The van der Waals surface area contributed by atoms with Crippen molar-refractivity contribution in [1.82, 2.24) is 5.32 Å². The molecule has 0 aliphatic rings. The SMILES string of the molecule is C=CCNC(=O)c1ccccc1NC(=O)[C@H](CC)Oc1ccccc1Cl. The van der Waals surface area contributed by atoms with Crippen molar-refractivity contribution >= 4 is 29.1 Å². The van der Waals surface area contributed by atoms with Crippen molar-refractivity contribution < 1.29 is 14.3 Å². The van der Waals surface area contributed by atoms with Crippen LogP contribution in [0.4, 0.5) is 5.69 Å². The quantitative estimate of drug-likeness (QED) is 0.687. The summed E-state index contributed by atoms with van der Waals surface area (Å²) >= 11 is 6.09. The van der Waals surface area contributed by atoms with E-state index in [1.165, 1.54) is 0 Å². The van der Waals surface area contributed by atoms with Gasteiger partial charge in [0.15, 0.2) is 6.10 Å². The Morgan fingerprint density at radius 1 is 1.19 bits per heavy atom. The third kappa shape index (κ3) is 5.10. The minimum Gasteiger partial charge on any atom is -0.479 e. The molecule has 2 amide bonds. The summed E-state index contributed by atoms with van der Waals surface area (Å²) in [6.45, 7) is 5.75. The lowest BCUT2D eigenvalue weighted by Gasteiger charge is -2.19. The van der Waals surface area contributed by atoms with Gasteiger partial charge in [-0.3, -0.25) is 9.59 Å². The number of para-hydroxylation sites is 2. The Morgan fingerprint density at radius 2 is 1.88 bits per heavy atom. The molecule has 0 aromatic heterocycles. The van der Waals surface area contributed by atoms with Crippen LogP contribution in [-0.4, -0.2) is 24.5 Å². The molecule has 0 bridgehead atoms. The number of benzene rings is 2. The molecule has 0 aliphatic carbocycles. The second kappa shape index (κ2) is 9.63. The number of anilines is 1. The predicted octanol–water partition coefficient (Wildman–Crippen LogP) is 4.05. The molecule has 5 nitrogen and oxygen atoms in total. The van der Waals surface area contributed by atoms with Crippen LogP contribution in [0.2, 0.25) is 5.02 Å². The lowest BCUT2D eigenvalue weighted by Crippen LogP contribution is -2.33. The second-order valence-corrected chi connectivity index (χ2v) is 5.89. The Bertz CT molecular complexity index is 792. The average Bonchev–Trinajstić information content (AvgIpc) is 2.65. The molecule has 0 aliphatic heterocycles. The number of amides is 2. The monoisotopic (exact) mass is 372 g/mol. The van der Waals surface area contributed by atoms with Gasteiger partial charge < -0.3 is 15.4 Å². The molecule has 0 spiro atoms. The van der Waals surface area contributed by atoms with E-state index in [4.69, 9.17) is 16.3 Å². The molecule has 0 fully saturated rings. The Balaban J connectivity index is 2.14. The Labute approximate surface area is 158 Å². The molecule has 1 atom stereocenters. The van der Waals surface area contributed by atoms with Crippen LogP contribution >= 0.6 is 11.6 Å². The highest BCUT2D eigenvalue weighted by Crippen LogP contribution is 2.25. The van der Waals surface area contributed by atoms with Gasteiger partial charge in [0.25, 0.3) is 11.8 Å². The minimum absolute atomic E-state index is 0.291. The van der Waals surface area contributed by atoms with Crippen molar-refractivity contribution in [2.24, 2.45) is 0 Å². The molecule has 0 radical (unpaired) electrons.